The Morgan fingerprint density at radius 1 is 1.40 bits per heavy atom. The van der Waals surface area contributed by atoms with Crippen LogP contribution in [-0.4, -0.2) is 5.91 Å². The summed E-state index contributed by atoms with van der Waals surface area (Å²) in [6.07, 6.45) is 0.982. The minimum Gasteiger partial charge on any atom is -0.287 e. The van der Waals surface area contributed by atoms with Crippen LogP contribution in [0.1, 0.15) is 29.8 Å². The molecule has 0 N–H and O–H groups in total. The molecule has 0 saturated heterocycles. The summed E-state index contributed by atoms with van der Waals surface area (Å²) in [7, 11) is 0. The van der Waals surface area contributed by atoms with Gasteiger partial charge in [0.05, 0.1) is 0 Å². The number of hydrogen-bond acceptors (Lipinski definition) is 1. The normalized spacial score (nSPS) is 9.80. The van der Waals surface area contributed by atoms with Crippen molar-refractivity contribution in [3.63, 3.8) is 0 Å². The van der Waals surface area contributed by atoms with E-state index in [4.69, 9.17) is 5.53 Å². The van der Waals surface area contributed by atoms with Gasteiger partial charge >= 0.3 is 0 Å². The molecule has 1 aromatic rings. The molecule has 0 bridgehead atoms. The predicted molar refractivity (Wildman–Crippen MR) is 58.5 cm³/mol. The minimum absolute atomic E-state index is 0.431. The van der Waals surface area contributed by atoms with Crippen LogP contribution in [0.25, 0.3) is 10.4 Å². The van der Waals surface area contributed by atoms with Gasteiger partial charge in [-0.25, -0.2) is 0 Å². The maximum absolute atomic E-state index is 11.2. The van der Waals surface area contributed by atoms with E-state index in [1.807, 2.05) is 12.1 Å². The Labute approximate surface area is 88.6 Å². The molecule has 0 heterocycles. The molecule has 0 aromatic heterocycles. The van der Waals surface area contributed by atoms with Gasteiger partial charge in [0.25, 0.3) is 0 Å². The van der Waals surface area contributed by atoms with Crippen LogP contribution in [0.2, 0.25) is 0 Å². The SMILES string of the molecule is CC(C)Cc1ccc(C(=O)N=[N+]=[N-])cc1. The van der Waals surface area contributed by atoms with Gasteiger partial charge in [-0.15, -0.1) is 0 Å². The fourth-order valence-electron chi connectivity index (χ4n) is 1.35. The van der Waals surface area contributed by atoms with Crippen molar-refractivity contribution < 1.29 is 4.79 Å². The van der Waals surface area contributed by atoms with Crippen molar-refractivity contribution in [3.8, 4) is 0 Å². The van der Waals surface area contributed by atoms with Crippen molar-refractivity contribution in [1.82, 2.24) is 0 Å². The number of carbonyl (C=O) groups excluding carboxylic acids is 1. The maximum Gasteiger partial charge on any atom is 0.249 e. The third-order valence-electron chi connectivity index (χ3n) is 1.98. The Balaban J connectivity index is 2.80. The lowest BCUT2D eigenvalue weighted by Gasteiger charge is -2.04. The molecule has 0 unspecified atom stereocenters. The quantitative estimate of drug-likeness (QED) is 0.422. The van der Waals surface area contributed by atoms with E-state index in [2.05, 4.69) is 23.9 Å². The number of amides is 1. The zero-order valence-corrected chi connectivity index (χ0v) is 8.84. The van der Waals surface area contributed by atoms with E-state index >= 15 is 0 Å². The zero-order valence-electron chi connectivity index (χ0n) is 8.84. The zero-order chi connectivity index (χ0) is 11.3. The van der Waals surface area contributed by atoms with Crippen molar-refractivity contribution in [3.05, 3.63) is 45.8 Å². The topological polar surface area (TPSA) is 65.8 Å². The second-order valence-electron chi connectivity index (χ2n) is 3.79. The van der Waals surface area contributed by atoms with E-state index in [9.17, 15) is 4.79 Å². The summed E-state index contributed by atoms with van der Waals surface area (Å²) in [5, 5.41) is 3.03. The minimum atomic E-state index is -0.534. The highest BCUT2D eigenvalue weighted by molar-refractivity contribution is 5.94. The number of azide groups is 1. The average molecular weight is 203 g/mol. The van der Waals surface area contributed by atoms with Gasteiger partial charge in [-0.2, -0.15) is 0 Å². The number of nitrogens with zero attached hydrogens (tertiary/aromatic N) is 3. The molecule has 0 radical (unpaired) electrons. The molecule has 4 heteroatoms. The monoisotopic (exact) mass is 203 g/mol. The van der Waals surface area contributed by atoms with Crippen molar-refractivity contribution in [1.29, 1.82) is 0 Å². The summed E-state index contributed by atoms with van der Waals surface area (Å²) in [6.45, 7) is 4.28. The Morgan fingerprint density at radius 2 is 2.00 bits per heavy atom. The van der Waals surface area contributed by atoms with Gasteiger partial charge in [0.15, 0.2) is 0 Å². The van der Waals surface area contributed by atoms with E-state index in [1.165, 1.54) is 5.56 Å². The van der Waals surface area contributed by atoms with Crippen molar-refractivity contribution in [2.24, 2.45) is 11.0 Å². The third-order valence-corrected chi connectivity index (χ3v) is 1.98. The van der Waals surface area contributed by atoms with Crippen molar-refractivity contribution in [2.75, 3.05) is 0 Å². The molecule has 1 aromatic carbocycles. The third kappa shape index (κ3) is 3.44. The molecule has 0 atom stereocenters. The second kappa shape index (κ2) is 5.17. The molecule has 0 spiro atoms. The fraction of sp³-hybridized carbons (Fsp3) is 0.364. The van der Waals surface area contributed by atoms with Crippen LogP contribution >= 0.6 is 0 Å². The molecule has 0 aliphatic carbocycles. The molecule has 4 nitrogen and oxygen atoms in total. The number of carbonyl (C=O) groups is 1. The fourth-order valence-corrected chi connectivity index (χ4v) is 1.35. The first-order valence-electron chi connectivity index (χ1n) is 4.82. The first kappa shape index (κ1) is 11.3. The summed E-state index contributed by atoms with van der Waals surface area (Å²) in [6, 6.07) is 7.16. The van der Waals surface area contributed by atoms with E-state index < -0.39 is 5.91 Å². The highest BCUT2D eigenvalue weighted by Crippen LogP contribution is 2.10. The lowest BCUT2D eigenvalue weighted by molar-refractivity contribution is 0.100. The van der Waals surface area contributed by atoms with Crippen LogP contribution in [0.4, 0.5) is 0 Å². The number of rotatable bonds is 3. The Hall–Kier alpha value is -1.80. The van der Waals surface area contributed by atoms with Gasteiger partial charge in [-0.05, 0) is 28.5 Å². The Morgan fingerprint density at radius 3 is 2.47 bits per heavy atom. The average Bonchev–Trinajstić information content (AvgIpc) is 2.18. The smallest absolute Gasteiger partial charge is 0.249 e. The van der Waals surface area contributed by atoms with E-state index in [0.717, 1.165) is 6.42 Å². The highest BCUT2D eigenvalue weighted by Gasteiger charge is 2.03. The van der Waals surface area contributed by atoms with Crippen LogP contribution in [0.15, 0.2) is 29.4 Å². The number of benzene rings is 1. The van der Waals surface area contributed by atoms with E-state index in [1.54, 1.807) is 12.1 Å². The van der Waals surface area contributed by atoms with Gasteiger partial charge in [0, 0.05) is 10.5 Å². The standard InChI is InChI=1S/C11H13N3O/c1-8(2)7-9-3-5-10(6-4-9)11(15)13-14-12/h3-6,8H,7H2,1-2H3. The van der Waals surface area contributed by atoms with Gasteiger partial charge in [0.2, 0.25) is 5.91 Å². The van der Waals surface area contributed by atoms with Crippen LogP contribution in [0.3, 0.4) is 0 Å². The largest absolute Gasteiger partial charge is 0.287 e. The summed E-state index contributed by atoms with van der Waals surface area (Å²) >= 11 is 0. The van der Waals surface area contributed by atoms with Gasteiger partial charge in [0.1, 0.15) is 0 Å². The Bertz CT molecular complexity index is 389. The van der Waals surface area contributed by atoms with E-state index in [-0.39, 0.29) is 0 Å². The Kier molecular flexibility index (Phi) is 3.89. The van der Waals surface area contributed by atoms with Crippen LogP contribution < -0.4 is 0 Å². The molecule has 0 aliphatic heterocycles. The van der Waals surface area contributed by atoms with Gasteiger partial charge in [-0.3, -0.25) is 4.79 Å². The molecular weight excluding hydrogens is 190 g/mol. The van der Waals surface area contributed by atoms with Crippen LogP contribution in [0, 0.1) is 5.92 Å². The van der Waals surface area contributed by atoms with E-state index in [0.29, 0.717) is 11.5 Å². The molecule has 0 saturated carbocycles. The first-order chi connectivity index (χ1) is 7.13. The summed E-state index contributed by atoms with van der Waals surface area (Å²) in [4.78, 5) is 13.6. The van der Waals surface area contributed by atoms with Crippen LogP contribution in [-0.2, 0) is 6.42 Å². The second-order valence-corrected chi connectivity index (χ2v) is 3.79. The summed E-state index contributed by atoms with van der Waals surface area (Å²) in [5.41, 5.74) is 9.72. The van der Waals surface area contributed by atoms with Gasteiger partial charge in [-0.1, -0.05) is 38.1 Å². The molecule has 1 rings (SSSR count). The molecule has 0 fully saturated rings. The predicted octanol–water partition coefficient (Wildman–Crippen LogP) is 3.34. The number of hydrogen-bond donors (Lipinski definition) is 0. The molecule has 15 heavy (non-hydrogen) atoms. The highest BCUT2D eigenvalue weighted by atomic mass is 16.1. The lowest BCUT2D eigenvalue weighted by atomic mass is 10.0. The van der Waals surface area contributed by atoms with Crippen LogP contribution in [0.5, 0.6) is 0 Å². The first-order valence-corrected chi connectivity index (χ1v) is 4.82. The molecular formula is C11H13N3O. The molecule has 78 valence electrons. The summed E-state index contributed by atoms with van der Waals surface area (Å²) in [5.74, 6) is 0.0530. The molecule has 1 amide bonds. The van der Waals surface area contributed by atoms with Crippen molar-refractivity contribution >= 4 is 5.91 Å². The summed E-state index contributed by atoms with van der Waals surface area (Å²) < 4.78 is 0. The maximum atomic E-state index is 11.2. The molecule has 0 aliphatic rings. The van der Waals surface area contributed by atoms with Gasteiger partial charge < -0.3 is 0 Å². The lowest BCUT2D eigenvalue weighted by Crippen LogP contribution is -1.96. The van der Waals surface area contributed by atoms with Crippen molar-refractivity contribution in [2.45, 2.75) is 20.3 Å².